The Morgan fingerprint density at radius 1 is 1.00 bits per heavy atom. The predicted molar refractivity (Wildman–Crippen MR) is 74.9 cm³/mol. The molecule has 0 aliphatic carbocycles. The van der Waals surface area contributed by atoms with Crippen LogP contribution >= 0.6 is 11.6 Å². The maximum Gasteiger partial charge on any atom is 1.00 e. The molecule has 1 aromatic heterocycles. The van der Waals surface area contributed by atoms with Crippen LogP contribution in [0, 0.1) is 0 Å². The summed E-state index contributed by atoms with van der Waals surface area (Å²) in [5, 5.41) is 1.93. The van der Waals surface area contributed by atoms with Gasteiger partial charge in [0.2, 0.25) is 17.2 Å². The van der Waals surface area contributed by atoms with E-state index in [4.69, 9.17) is 17.3 Å². The summed E-state index contributed by atoms with van der Waals surface area (Å²) in [7, 11) is -9.87. The van der Waals surface area contributed by atoms with Gasteiger partial charge >= 0.3 is 59.1 Å². The molecule has 0 aliphatic rings. The smallest absolute Gasteiger partial charge is 0.744 e. The molecule has 25 heavy (non-hydrogen) atoms. The zero-order valence-electron chi connectivity index (χ0n) is 12.8. The first-order valence-electron chi connectivity index (χ1n) is 5.47. The van der Waals surface area contributed by atoms with E-state index < -0.39 is 35.7 Å². The van der Waals surface area contributed by atoms with E-state index in [9.17, 15) is 25.9 Å². The van der Waals surface area contributed by atoms with Crippen LogP contribution in [0.2, 0.25) is 5.28 Å². The minimum atomic E-state index is -4.98. The Morgan fingerprint density at radius 2 is 1.60 bits per heavy atom. The maximum absolute atomic E-state index is 11.2. The number of hydrogen-bond acceptors (Lipinski definition) is 11. The second-order valence-corrected chi connectivity index (χ2v) is 7.04. The topological polar surface area (TPSA) is 191 Å². The number of nitrogens with zero attached hydrogens (tertiary/aromatic N) is 3. The van der Waals surface area contributed by atoms with Crippen LogP contribution in [0.15, 0.2) is 28.0 Å². The molecule has 1 heterocycles. The van der Waals surface area contributed by atoms with Crippen LogP contribution in [0.3, 0.4) is 0 Å². The van der Waals surface area contributed by atoms with E-state index in [1.54, 1.807) is 0 Å². The van der Waals surface area contributed by atoms with Gasteiger partial charge < -0.3 is 20.2 Å². The molecule has 0 amide bonds. The van der Waals surface area contributed by atoms with Crippen LogP contribution in [0.5, 0.6) is 0 Å². The van der Waals surface area contributed by atoms with Gasteiger partial charge in [-0.3, -0.25) is 0 Å². The van der Waals surface area contributed by atoms with E-state index in [1.165, 1.54) is 0 Å². The van der Waals surface area contributed by atoms with E-state index in [0.717, 1.165) is 0 Å². The van der Waals surface area contributed by atoms with Crippen molar-refractivity contribution in [1.82, 2.24) is 15.0 Å². The number of anilines is 3. The van der Waals surface area contributed by atoms with E-state index >= 15 is 0 Å². The largest absolute Gasteiger partial charge is 1.00 e. The van der Waals surface area contributed by atoms with E-state index in [0.29, 0.717) is 18.2 Å². The predicted octanol–water partition coefficient (Wildman–Crippen LogP) is -6.33. The summed E-state index contributed by atoms with van der Waals surface area (Å²) in [6, 6.07) is 2.01. The number of benzene rings is 1. The molecule has 0 fully saturated rings. The zero-order chi connectivity index (χ0) is 17.4. The molecule has 0 saturated heterocycles. The fraction of sp³-hybridized carbons (Fsp3) is 0. The zero-order valence-corrected chi connectivity index (χ0v) is 19.2. The first-order chi connectivity index (χ1) is 10.5. The molecule has 0 aliphatic heterocycles. The van der Waals surface area contributed by atoms with Gasteiger partial charge in [-0.15, -0.1) is 0 Å². The second-order valence-electron chi connectivity index (χ2n) is 3.98. The third kappa shape index (κ3) is 6.88. The summed E-state index contributed by atoms with van der Waals surface area (Å²) in [6.07, 6.45) is 0. The number of nitrogens with one attached hydrogen (secondary N) is 1. The minimum Gasteiger partial charge on any atom is -0.744 e. The van der Waals surface area contributed by atoms with Gasteiger partial charge in [-0.25, -0.2) is 16.8 Å². The van der Waals surface area contributed by atoms with Crippen molar-refractivity contribution in [2.24, 2.45) is 0 Å². The van der Waals surface area contributed by atoms with E-state index in [1.807, 2.05) is 0 Å². The number of hydrogen-bond donors (Lipinski definition) is 2. The summed E-state index contributed by atoms with van der Waals surface area (Å²) in [6.45, 7) is 0. The molecule has 11 nitrogen and oxygen atoms in total. The van der Waals surface area contributed by atoms with Crippen molar-refractivity contribution in [2.75, 3.05) is 11.1 Å². The minimum absolute atomic E-state index is 0. The van der Waals surface area contributed by atoms with Crippen LogP contribution in [0.1, 0.15) is 0 Å². The molecule has 1 aromatic carbocycles. The van der Waals surface area contributed by atoms with E-state index in [-0.39, 0.29) is 76.3 Å². The Labute approximate surface area is 191 Å². The molecule has 0 atom stereocenters. The van der Waals surface area contributed by atoms with Crippen LogP contribution in [-0.4, -0.2) is 40.9 Å². The summed E-state index contributed by atoms with van der Waals surface area (Å²) in [4.78, 5) is 9.03. The Morgan fingerprint density at radius 3 is 2.08 bits per heavy atom. The van der Waals surface area contributed by atoms with Crippen molar-refractivity contribution in [3.05, 3.63) is 23.5 Å². The van der Waals surface area contributed by atoms with Crippen molar-refractivity contribution >= 4 is 49.4 Å². The van der Waals surface area contributed by atoms with Gasteiger partial charge in [0, 0.05) is 0 Å². The van der Waals surface area contributed by atoms with Crippen LogP contribution in [0.25, 0.3) is 0 Å². The summed E-state index contributed by atoms with van der Waals surface area (Å²) >= 11 is 5.54. The number of aromatic nitrogens is 3. The fourth-order valence-electron chi connectivity index (χ4n) is 1.52. The van der Waals surface area contributed by atoms with E-state index in [2.05, 4.69) is 20.3 Å². The normalized spacial score (nSPS) is 11.2. The SMILES string of the molecule is Nc1nc(Cl)nc(Nc2cc(S(=O)(=O)[O-])ccc2S(=O)(=O)[O-])n1.[Na+].[Na+]. The molecule has 0 bridgehead atoms. The summed E-state index contributed by atoms with van der Waals surface area (Å²) in [5.74, 6) is -0.667. The van der Waals surface area contributed by atoms with Crippen molar-refractivity contribution < 1.29 is 85.1 Å². The Hall–Kier alpha value is -0.0600. The van der Waals surface area contributed by atoms with Crippen molar-refractivity contribution in [3.63, 3.8) is 0 Å². The molecule has 0 saturated carbocycles. The quantitative estimate of drug-likeness (QED) is 0.349. The van der Waals surface area contributed by atoms with Crippen LogP contribution in [0.4, 0.5) is 17.6 Å². The maximum atomic E-state index is 11.2. The van der Waals surface area contributed by atoms with Gasteiger partial charge in [-0.2, -0.15) is 15.0 Å². The van der Waals surface area contributed by atoms with Gasteiger partial charge in [0.15, 0.2) is 0 Å². The van der Waals surface area contributed by atoms with Crippen LogP contribution in [-0.2, 0) is 20.2 Å². The molecule has 2 aromatic rings. The first-order valence-corrected chi connectivity index (χ1v) is 8.66. The van der Waals surface area contributed by atoms with Gasteiger partial charge in [0.05, 0.1) is 15.5 Å². The third-order valence-electron chi connectivity index (χ3n) is 2.38. The van der Waals surface area contributed by atoms with Crippen molar-refractivity contribution in [3.8, 4) is 0 Å². The molecule has 3 N–H and O–H groups in total. The Bertz CT molecular complexity index is 968. The molecular weight excluding hydrogens is 420 g/mol. The number of halogens is 1. The third-order valence-corrected chi connectivity index (χ3v) is 4.28. The van der Waals surface area contributed by atoms with Crippen molar-refractivity contribution in [1.29, 1.82) is 0 Å². The monoisotopic (exact) mass is 425 g/mol. The second kappa shape index (κ2) is 9.23. The number of nitrogen functional groups attached to an aromatic ring is 1. The average Bonchev–Trinajstić information content (AvgIpc) is 2.34. The van der Waals surface area contributed by atoms with Crippen LogP contribution < -0.4 is 70.2 Å². The Kier molecular flexibility index (Phi) is 9.21. The molecule has 0 spiro atoms. The summed E-state index contributed by atoms with van der Waals surface area (Å²) < 4.78 is 66.7. The Balaban J connectivity index is 0.00000288. The molecule has 0 radical (unpaired) electrons. The van der Waals surface area contributed by atoms with Gasteiger partial charge in [0.25, 0.3) is 0 Å². The molecular formula is C9H6ClN5Na2O6S2. The first kappa shape index (κ1) is 24.9. The molecule has 0 unspecified atom stereocenters. The molecule has 2 rings (SSSR count). The number of nitrogens with two attached hydrogens (primary N) is 1. The standard InChI is InChI=1S/C9H8ClN5O6S2.2Na/c10-7-13-8(11)15-9(14-7)12-5-3-4(22(16,17)18)1-2-6(5)23(19,20)21;;/h1-3H,(H,16,17,18)(H,19,20,21)(H3,11,12,13,14,15);;/q;2*+1/p-2. The average molecular weight is 426 g/mol. The van der Waals surface area contributed by atoms with Gasteiger partial charge in [-0.1, -0.05) is 0 Å². The fourth-order valence-corrected chi connectivity index (χ4v) is 2.80. The number of rotatable bonds is 4. The van der Waals surface area contributed by atoms with Crippen molar-refractivity contribution in [2.45, 2.75) is 9.79 Å². The molecule has 124 valence electrons. The summed E-state index contributed by atoms with van der Waals surface area (Å²) in [5.41, 5.74) is 4.79. The van der Waals surface area contributed by atoms with Gasteiger partial charge in [-0.05, 0) is 29.8 Å². The van der Waals surface area contributed by atoms with Gasteiger partial charge in [0.1, 0.15) is 20.2 Å². The molecule has 16 heteroatoms.